The van der Waals surface area contributed by atoms with E-state index in [0.717, 1.165) is 88.7 Å². The predicted molar refractivity (Wildman–Crippen MR) is 281 cm³/mol. The van der Waals surface area contributed by atoms with Gasteiger partial charge in [0.15, 0.2) is 0 Å². The van der Waals surface area contributed by atoms with Gasteiger partial charge in [-0.05, 0) is 142 Å². The van der Waals surface area contributed by atoms with Gasteiger partial charge in [-0.3, -0.25) is 5.43 Å². The van der Waals surface area contributed by atoms with E-state index in [0.29, 0.717) is 65.1 Å². The summed E-state index contributed by atoms with van der Waals surface area (Å²) in [6, 6.07) is 19.1. The number of unbranched alkanes of at least 4 members (excludes halogenated alkanes) is 4. The Morgan fingerprint density at radius 2 is 1.56 bits per heavy atom. The number of nitrogens with two attached hydrogens (primary N) is 2. The van der Waals surface area contributed by atoms with E-state index in [1.54, 1.807) is 12.1 Å². The molecule has 1 fully saturated rings. The van der Waals surface area contributed by atoms with E-state index in [1.165, 1.54) is 60.2 Å². The first-order valence-electron chi connectivity index (χ1n) is 26.9. The Morgan fingerprint density at radius 3 is 2.32 bits per heavy atom. The van der Waals surface area contributed by atoms with Crippen molar-refractivity contribution in [3.05, 3.63) is 118 Å². The maximum Gasteiger partial charge on any atom is 0.354 e. The highest BCUT2D eigenvalue weighted by Crippen LogP contribution is 2.43. The number of aromatic carboxylic acids is 2. The molecule has 0 radical (unpaired) electrons. The van der Waals surface area contributed by atoms with Gasteiger partial charge in [0.05, 0.1) is 38.1 Å². The lowest BCUT2D eigenvalue weighted by Gasteiger charge is -2.47. The summed E-state index contributed by atoms with van der Waals surface area (Å²) in [6.07, 6.45) is 19.3. The SMILES string of the molecule is CCCCCCC(C)NNC1c2ccccc2CN(CC2(C)CCC(OCCCCc3cccc(C(=O)O)n3)C(OCCC(CCOCCOCCN)Cc3cccc(C(=O)O)n3)C2)C2=C(CCC=C2)C1N. The van der Waals surface area contributed by atoms with Crippen molar-refractivity contribution in [2.45, 2.75) is 160 Å². The highest BCUT2D eigenvalue weighted by atomic mass is 16.5. The molecule has 2 aliphatic carbocycles. The number of allylic oxidation sites excluding steroid dienone is 2. The smallest absolute Gasteiger partial charge is 0.354 e. The summed E-state index contributed by atoms with van der Waals surface area (Å²) in [5.74, 6) is -1.94. The van der Waals surface area contributed by atoms with E-state index >= 15 is 0 Å². The molecule has 1 aromatic carbocycles. The van der Waals surface area contributed by atoms with Crippen molar-refractivity contribution < 1.29 is 38.7 Å². The molecule has 15 heteroatoms. The van der Waals surface area contributed by atoms with Crippen LogP contribution in [-0.2, 0) is 38.3 Å². The average molecular weight is 996 g/mol. The fraction of sp³-hybridized carbons (Fsp3) is 0.614. The average Bonchev–Trinajstić information content (AvgIpc) is 3.37. The molecule has 7 unspecified atom stereocenters. The van der Waals surface area contributed by atoms with Crippen molar-refractivity contribution in [3.8, 4) is 0 Å². The van der Waals surface area contributed by atoms with Gasteiger partial charge in [-0.25, -0.2) is 25.0 Å². The fourth-order valence-corrected chi connectivity index (χ4v) is 10.6. The van der Waals surface area contributed by atoms with Crippen LogP contribution >= 0.6 is 0 Å². The van der Waals surface area contributed by atoms with Crippen molar-refractivity contribution in [1.82, 2.24) is 25.7 Å². The maximum absolute atomic E-state index is 11.8. The first-order valence-corrected chi connectivity index (χ1v) is 26.9. The van der Waals surface area contributed by atoms with Crippen LogP contribution in [0.25, 0.3) is 0 Å². The molecule has 72 heavy (non-hydrogen) atoms. The Kier molecular flexibility index (Phi) is 23.6. The lowest BCUT2D eigenvalue weighted by molar-refractivity contribution is -0.122. The summed E-state index contributed by atoms with van der Waals surface area (Å²) < 4.78 is 25.2. The van der Waals surface area contributed by atoms with E-state index in [2.05, 4.69) is 82.9 Å². The van der Waals surface area contributed by atoms with E-state index < -0.39 is 11.9 Å². The third kappa shape index (κ3) is 17.8. The molecule has 1 saturated carbocycles. The maximum atomic E-state index is 11.8. The first-order chi connectivity index (χ1) is 35.0. The van der Waals surface area contributed by atoms with E-state index in [4.69, 9.17) is 30.4 Å². The molecule has 396 valence electrons. The Labute approximate surface area is 428 Å². The number of pyridine rings is 2. The van der Waals surface area contributed by atoms with Gasteiger partial charge in [-0.1, -0.05) is 82.0 Å². The monoisotopic (exact) mass is 996 g/mol. The number of aromatic nitrogens is 2. The highest BCUT2D eigenvalue weighted by molar-refractivity contribution is 5.85. The minimum atomic E-state index is -1.05. The predicted octanol–water partition coefficient (Wildman–Crippen LogP) is 8.73. The standard InChI is InChI=1S/C57H85N7O8/c1-4-5-6-7-16-41(2)62-63-54-46-21-9-8-17-43(46)39-64(50-25-11-10-22-47(50)53(54)59)40-57(3)29-26-51(71-31-13-12-18-44-19-14-23-48(60-44)55(65)66)52(38-57)72-33-28-42(27-32-69-35-36-70-34-30-58)37-45-20-15-24-49(61-45)56(67)68/h8-9,11,14-15,17,19-21,23-25,41-42,51-54,62-63H,4-7,10,12-13,16,18,22,26-40,58-59H2,1-3H3,(H,65,66)(H,67,68). The number of carbonyl (C=O) groups is 2. The molecule has 15 nitrogen and oxygen atoms in total. The van der Waals surface area contributed by atoms with Crippen molar-refractivity contribution in [2.75, 3.05) is 52.7 Å². The topological polar surface area (TPSA) is 217 Å². The number of nitrogens with one attached hydrogen (secondary N) is 2. The zero-order valence-corrected chi connectivity index (χ0v) is 43.4. The number of carboxylic acids is 2. The molecular weight excluding hydrogens is 911 g/mol. The number of hydrogen-bond donors (Lipinski definition) is 6. The van der Waals surface area contributed by atoms with Gasteiger partial charge in [0.25, 0.3) is 0 Å². The first kappa shape index (κ1) is 56.7. The third-order valence-corrected chi connectivity index (χ3v) is 14.6. The number of benzene rings is 1. The second-order valence-corrected chi connectivity index (χ2v) is 20.6. The zero-order valence-electron chi connectivity index (χ0n) is 43.4. The fourth-order valence-electron chi connectivity index (χ4n) is 10.6. The summed E-state index contributed by atoms with van der Waals surface area (Å²) in [4.78, 5) is 34.7. The van der Waals surface area contributed by atoms with Crippen LogP contribution in [0.2, 0.25) is 0 Å². The number of hydrazine groups is 1. The molecule has 0 amide bonds. The van der Waals surface area contributed by atoms with Crippen LogP contribution in [0.5, 0.6) is 0 Å². The van der Waals surface area contributed by atoms with Crippen LogP contribution in [0.1, 0.15) is 160 Å². The lowest BCUT2D eigenvalue weighted by Crippen LogP contribution is -2.51. The molecule has 3 aliphatic rings. The van der Waals surface area contributed by atoms with Crippen LogP contribution in [0.3, 0.4) is 0 Å². The number of nitrogens with zero attached hydrogens (tertiary/aromatic N) is 3. The largest absolute Gasteiger partial charge is 0.477 e. The Balaban J connectivity index is 1.17. The molecule has 0 bridgehead atoms. The number of hydrogen-bond acceptors (Lipinski definition) is 13. The minimum absolute atomic E-state index is 0.0334. The normalized spacial score (nSPS) is 21.9. The molecule has 0 spiro atoms. The Morgan fingerprint density at radius 1 is 0.833 bits per heavy atom. The zero-order chi connectivity index (χ0) is 51.1. The third-order valence-electron chi connectivity index (χ3n) is 14.6. The highest BCUT2D eigenvalue weighted by Gasteiger charge is 2.42. The van der Waals surface area contributed by atoms with Crippen LogP contribution in [0, 0.1) is 11.3 Å². The van der Waals surface area contributed by atoms with E-state index in [9.17, 15) is 19.8 Å². The summed E-state index contributed by atoms with van der Waals surface area (Å²) in [6.45, 7) is 12.0. The van der Waals surface area contributed by atoms with Crippen LogP contribution in [-0.4, -0.2) is 114 Å². The molecule has 3 aromatic rings. The second kappa shape index (κ2) is 30.0. The van der Waals surface area contributed by atoms with Crippen LogP contribution in [0.15, 0.2) is 84.1 Å². The Hall–Kier alpha value is -4.58. The molecule has 6 rings (SSSR count). The number of carboxylic acid groups (broad SMARTS) is 2. The van der Waals surface area contributed by atoms with Crippen molar-refractivity contribution in [2.24, 2.45) is 22.8 Å². The Bertz CT molecular complexity index is 2190. The number of ether oxygens (including phenoxy) is 4. The van der Waals surface area contributed by atoms with Crippen molar-refractivity contribution in [3.63, 3.8) is 0 Å². The quantitative estimate of drug-likeness (QED) is 0.0255. The minimum Gasteiger partial charge on any atom is -0.477 e. The molecular formula is C57H85N7O8. The summed E-state index contributed by atoms with van der Waals surface area (Å²) in [7, 11) is 0. The summed E-state index contributed by atoms with van der Waals surface area (Å²) in [5.41, 5.74) is 26.9. The van der Waals surface area contributed by atoms with E-state index in [1.807, 2.05) is 12.1 Å². The van der Waals surface area contributed by atoms with E-state index in [-0.39, 0.29) is 47.0 Å². The molecule has 0 saturated heterocycles. The summed E-state index contributed by atoms with van der Waals surface area (Å²) in [5, 5.41) is 19.1. The summed E-state index contributed by atoms with van der Waals surface area (Å²) >= 11 is 0. The second-order valence-electron chi connectivity index (χ2n) is 20.6. The molecule has 1 aliphatic heterocycles. The van der Waals surface area contributed by atoms with Gasteiger partial charge in [-0.15, -0.1) is 0 Å². The molecule has 2 aromatic heterocycles. The number of aryl methyl sites for hydroxylation is 1. The van der Waals surface area contributed by atoms with Crippen molar-refractivity contribution >= 4 is 11.9 Å². The van der Waals surface area contributed by atoms with Crippen LogP contribution < -0.4 is 22.3 Å². The van der Waals surface area contributed by atoms with Crippen LogP contribution in [0.4, 0.5) is 0 Å². The number of rotatable bonds is 32. The van der Waals surface area contributed by atoms with Gasteiger partial charge in [0.2, 0.25) is 0 Å². The van der Waals surface area contributed by atoms with Gasteiger partial charge in [0, 0.05) is 68.6 Å². The van der Waals surface area contributed by atoms with Gasteiger partial charge in [0.1, 0.15) is 11.4 Å². The van der Waals surface area contributed by atoms with Gasteiger partial charge < -0.3 is 45.5 Å². The van der Waals surface area contributed by atoms with Gasteiger partial charge >= 0.3 is 11.9 Å². The number of fused-ring (bicyclic) bond motifs is 1. The molecule has 7 atom stereocenters. The molecule has 3 heterocycles. The molecule has 8 N–H and O–H groups in total. The van der Waals surface area contributed by atoms with Gasteiger partial charge in [-0.2, -0.15) is 0 Å². The lowest BCUT2D eigenvalue weighted by atomic mass is 9.72. The van der Waals surface area contributed by atoms with Crippen molar-refractivity contribution in [1.29, 1.82) is 0 Å².